The predicted molar refractivity (Wildman–Crippen MR) is 96.5 cm³/mol. The largest absolute Gasteiger partial charge is 0.508 e. The van der Waals surface area contributed by atoms with Gasteiger partial charge in [-0.3, -0.25) is 0 Å². The average Bonchev–Trinajstić information content (AvgIpc) is 3.12. The quantitative estimate of drug-likeness (QED) is 0.573. The molecule has 0 amide bonds. The van der Waals surface area contributed by atoms with Crippen molar-refractivity contribution in [2.75, 3.05) is 19.7 Å². The Kier molecular flexibility index (Phi) is 5.96. The molecule has 0 radical (unpaired) electrons. The van der Waals surface area contributed by atoms with Crippen LogP contribution in [0.25, 0.3) is 0 Å². The molecule has 0 bridgehead atoms. The first-order chi connectivity index (χ1) is 11.8. The van der Waals surface area contributed by atoms with Gasteiger partial charge in [0.05, 0.1) is 12.6 Å². The number of hydrogen-bond acceptors (Lipinski definition) is 3. The highest BCUT2D eigenvalue weighted by Gasteiger charge is 2.17. The van der Waals surface area contributed by atoms with E-state index in [2.05, 4.69) is 23.6 Å². The molecule has 2 aliphatic rings. The number of phenols is 1. The van der Waals surface area contributed by atoms with E-state index < -0.39 is 0 Å². The van der Waals surface area contributed by atoms with Crippen molar-refractivity contribution in [2.45, 2.75) is 58.1 Å². The molecule has 24 heavy (non-hydrogen) atoms. The molecule has 0 aromatic heterocycles. The smallest absolute Gasteiger partial charge is 0.191 e. The van der Waals surface area contributed by atoms with Gasteiger partial charge in [0.2, 0.25) is 0 Å². The van der Waals surface area contributed by atoms with E-state index in [1.807, 2.05) is 6.07 Å². The molecular weight excluding hydrogens is 302 g/mol. The van der Waals surface area contributed by atoms with Crippen molar-refractivity contribution < 1.29 is 9.84 Å². The molecule has 1 heterocycles. The van der Waals surface area contributed by atoms with Crippen LogP contribution in [-0.4, -0.2) is 36.9 Å². The zero-order chi connectivity index (χ0) is 16.8. The van der Waals surface area contributed by atoms with E-state index in [-0.39, 0.29) is 6.10 Å². The molecule has 1 unspecified atom stereocenters. The monoisotopic (exact) mass is 331 g/mol. The first-order valence-corrected chi connectivity index (χ1v) is 9.24. The normalized spacial score (nSPS) is 20.7. The standard InChI is InChI=1S/C19H29N3O2/c1-2-20-19(21-12-15-7-5-11-24-15)22-13-17-16-8-4-3-6-14(16)9-10-18(17)23/h9-10,15,23H,2-8,11-13H2,1H3,(H2,20,21,22). The minimum absolute atomic E-state index is 0.284. The number of guanidine groups is 1. The van der Waals surface area contributed by atoms with Crippen LogP contribution in [0.1, 0.15) is 49.3 Å². The van der Waals surface area contributed by atoms with Gasteiger partial charge in [0.1, 0.15) is 5.75 Å². The first-order valence-electron chi connectivity index (χ1n) is 9.24. The van der Waals surface area contributed by atoms with Crippen molar-refractivity contribution in [3.8, 4) is 5.75 Å². The summed E-state index contributed by atoms with van der Waals surface area (Å²) in [4.78, 5) is 4.69. The van der Waals surface area contributed by atoms with E-state index in [4.69, 9.17) is 9.73 Å². The van der Waals surface area contributed by atoms with Crippen molar-refractivity contribution in [1.29, 1.82) is 0 Å². The number of benzene rings is 1. The summed E-state index contributed by atoms with van der Waals surface area (Å²) >= 11 is 0. The van der Waals surface area contributed by atoms with Crippen molar-refractivity contribution in [3.05, 3.63) is 28.8 Å². The summed E-state index contributed by atoms with van der Waals surface area (Å²) in [6.07, 6.45) is 7.14. The van der Waals surface area contributed by atoms with Crippen LogP contribution in [0, 0.1) is 0 Å². The molecule has 1 atom stereocenters. The Morgan fingerprint density at radius 3 is 2.92 bits per heavy atom. The fraction of sp³-hybridized carbons (Fsp3) is 0.632. The molecule has 1 aliphatic heterocycles. The lowest BCUT2D eigenvalue weighted by molar-refractivity contribution is 0.114. The highest BCUT2D eigenvalue weighted by atomic mass is 16.5. The molecule has 1 fully saturated rings. The summed E-state index contributed by atoms with van der Waals surface area (Å²) in [6.45, 7) is 5.03. The van der Waals surface area contributed by atoms with E-state index in [1.54, 1.807) is 0 Å². The van der Waals surface area contributed by atoms with Gasteiger partial charge in [0.25, 0.3) is 0 Å². The molecular formula is C19H29N3O2. The second-order valence-electron chi connectivity index (χ2n) is 6.62. The second-order valence-corrected chi connectivity index (χ2v) is 6.62. The number of rotatable bonds is 5. The molecule has 1 saturated heterocycles. The van der Waals surface area contributed by atoms with Crippen LogP contribution in [0.5, 0.6) is 5.75 Å². The minimum atomic E-state index is 0.284. The molecule has 1 aliphatic carbocycles. The Hall–Kier alpha value is -1.75. The number of aromatic hydroxyl groups is 1. The van der Waals surface area contributed by atoms with Gasteiger partial charge in [-0.05, 0) is 62.6 Å². The number of aliphatic imine (C=N–C) groups is 1. The lowest BCUT2D eigenvalue weighted by Gasteiger charge is -2.20. The average molecular weight is 331 g/mol. The third kappa shape index (κ3) is 4.20. The van der Waals surface area contributed by atoms with Crippen LogP contribution in [0.4, 0.5) is 0 Å². The summed E-state index contributed by atoms with van der Waals surface area (Å²) < 4.78 is 5.65. The Labute approximate surface area is 144 Å². The van der Waals surface area contributed by atoms with Crippen molar-refractivity contribution >= 4 is 5.96 Å². The summed E-state index contributed by atoms with van der Waals surface area (Å²) in [5.41, 5.74) is 3.67. The maximum atomic E-state index is 10.3. The van der Waals surface area contributed by atoms with Crippen LogP contribution in [-0.2, 0) is 24.1 Å². The van der Waals surface area contributed by atoms with Gasteiger partial charge in [-0.1, -0.05) is 6.07 Å². The molecule has 5 nitrogen and oxygen atoms in total. The number of hydrogen-bond donors (Lipinski definition) is 3. The lowest BCUT2D eigenvalue weighted by Crippen LogP contribution is -2.41. The number of phenolic OH excluding ortho intramolecular Hbond substituents is 1. The summed E-state index contributed by atoms with van der Waals surface area (Å²) in [6, 6.07) is 3.89. The minimum Gasteiger partial charge on any atom is -0.508 e. The SMILES string of the molecule is CCNC(=NCc1c(O)ccc2c1CCCC2)NCC1CCCO1. The highest BCUT2D eigenvalue weighted by Crippen LogP contribution is 2.31. The Balaban J connectivity index is 1.69. The molecule has 5 heteroatoms. The van der Waals surface area contributed by atoms with E-state index in [0.29, 0.717) is 12.3 Å². The predicted octanol–water partition coefficient (Wildman–Crippen LogP) is 2.51. The van der Waals surface area contributed by atoms with E-state index in [1.165, 1.54) is 24.0 Å². The number of fused-ring (bicyclic) bond motifs is 1. The summed E-state index contributed by atoms with van der Waals surface area (Å²) in [5, 5.41) is 16.9. The molecule has 1 aromatic carbocycles. The number of nitrogens with zero attached hydrogens (tertiary/aromatic N) is 1. The van der Waals surface area contributed by atoms with Gasteiger partial charge in [-0.25, -0.2) is 4.99 Å². The molecule has 132 valence electrons. The van der Waals surface area contributed by atoms with Crippen LogP contribution in [0.3, 0.4) is 0 Å². The zero-order valence-electron chi connectivity index (χ0n) is 14.6. The molecule has 0 saturated carbocycles. The molecule has 0 spiro atoms. The summed E-state index contributed by atoms with van der Waals surface area (Å²) in [7, 11) is 0. The zero-order valence-corrected chi connectivity index (χ0v) is 14.6. The van der Waals surface area contributed by atoms with Gasteiger partial charge in [0.15, 0.2) is 5.96 Å². The van der Waals surface area contributed by atoms with E-state index >= 15 is 0 Å². The molecule has 3 N–H and O–H groups in total. The van der Waals surface area contributed by atoms with E-state index in [9.17, 15) is 5.11 Å². The van der Waals surface area contributed by atoms with Crippen LogP contribution in [0.15, 0.2) is 17.1 Å². The number of aryl methyl sites for hydroxylation is 1. The highest BCUT2D eigenvalue weighted by molar-refractivity contribution is 5.79. The van der Waals surface area contributed by atoms with Gasteiger partial charge in [0, 0.05) is 25.3 Å². The Morgan fingerprint density at radius 2 is 2.12 bits per heavy atom. The topological polar surface area (TPSA) is 65.9 Å². The lowest BCUT2D eigenvalue weighted by atomic mass is 9.88. The number of nitrogens with one attached hydrogen (secondary N) is 2. The van der Waals surface area contributed by atoms with Crippen LogP contribution in [0.2, 0.25) is 0 Å². The maximum absolute atomic E-state index is 10.3. The maximum Gasteiger partial charge on any atom is 0.191 e. The third-order valence-electron chi connectivity index (χ3n) is 4.89. The molecule has 3 rings (SSSR count). The second kappa shape index (κ2) is 8.38. The third-order valence-corrected chi connectivity index (χ3v) is 4.89. The Bertz CT molecular complexity index is 580. The van der Waals surface area contributed by atoms with E-state index in [0.717, 1.165) is 56.9 Å². The molecule has 1 aromatic rings. The van der Waals surface area contributed by atoms with Gasteiger partial charge < -0.3 is 20.5 Å². The first kappa shape index (κ1) is 17.1. The fourth-order valence-corrected chi connectivity index (χ4v) is 3.58. The van der Waals surface area contributed by atoms with Gasteiger partial charge in [-0.15, -0.1) is 0 Å². The Morgan fingerprint density at radius 1 is 1.25 bits per heavy atom. The summed E-state index contributed by atoms with van der Waals surface area (Å²) in [5.74, 6) is 1.16. The van der Waals surface area contributed by atoms with Gasteiger partial charge in [-0.2, -0.15) is 0 Å². The van der Waals surface area contributed by atoms with Gasteiger partial charge >= 0.3 is 0 Å². The van der Waals surface area contributed by atoms with Crippen molar-refractivity contribution in [2.24, 2.45) is 4.99 Å². The van der Waals surface area contributed by atoms with Crippen molar-refractivity contribution in [3.63, 3.8) is 0 Å². The number of ether oxygens (including phenoxy) is 1. The fourth-order valence-electron chi connectivity index (χ4n) is 3.58. The van der Waals surface area contributed by atoms with Crippen LogP contribution >= 0.6 is 0 Å². The van der Waals surface area contributed by atoms with Crippen molar-refractivity contribution in [1.82, 2.24) is 10.6 Å². The van der Waals surface area contributed by atoms with Crippen LogP contribution < -0.4 is 10.6 Å².